The number of halogens is 2. The number of amides is 1. The van der Waals surface area contributed by atoms with Gasteiger partial charge in [0.1, 0.15) is 11.6 Å². The van der Waals surface area contributed by atoms with Crippen LogP contribution in [0.4, 0.5) is 8.78 Å². The lowest BCUT2D eigenvalue weighted by atomic mass is 10.2. The van der Waals surface area contributed by atoms with Crippen LogP contribution in [0.1, 0.15) is 12.5 Å². The molecule has 0 atom stereocenters. The lowest BCUT2D eigenvalue weighted by Crippen LogP contribution is -2.19. The maximum Gasteiger partial charge on any atom is 0.217 e. The summed E-state index contributed by atoms with van der Waals surface area (Å²) < 4.78 is 25.5. The molecule has 0 aliphatic carbocycles. The van der Waals surface area contributed by atoms with Crippen LogP contribution in [0.15, 0.2) is 18.2 Å². The number of rotatable bonds is 2. The molecule has 4 heteroatoms. The largest absolute Gasteiger partial charge is 0.352 e. The smallest absolute Gasteiger partial charge is 0.217 e. The highest BCUT2D eigenvalue weighted by Gasteiger charge is 2.03. The first-order valence-corrected chi connectivity index (χ1v) is 3.78. The Morgan fingerprint density at radius 3 is 2.77 bits per heavy atom. The van der Waals surface area contributed by atoms with Gasteiger partial charge in [-0.25, -0.2) is 8.78 Å². The van der Waals surface area contributed by atoms with Gasteiger partial charge in [-0.05, 0) is 18.2 Å². The maximum absolute atomic E-state index is 12.9. The van der Waals surface area contributed by atoms with Crippen LogP contribution in [0.5, 0.6) is 0 Å². The Morgan fingerprint density at radius 2 is 2.15 bits per heavy atom. The lowest BCUT2D eigenvalue weighted by molar-refractivity contribution is -0.119. The summed E-state index contributed by atoms with van der Waals surface area (Å²) in [5, 5.41) is 2.38. The molecule has 1 N–H and O–H groups in total. The highest BCUT2D eigenvalue weighted by Crippen LogP contribution is 2.08. The van der Waals surface area contributed by atoms with Gasteiger partial charge >= 0.3 is 0 Å². The molecule has 0 unspecified atom stereocenters. The van der Waals surface area contributed by atoms with Gasteiger partial charge in [0.25, 0.3) is 0 Å². The van der Waals surface area contributed by atoms with Crippen LogP contribution in [-0.4, -0.2) is 5.91 Å². The third-order valence-corrected chi connectivity index (χ3v) is 1.54. The minimum Gasteiger partial charge on any atom is -0.352 e. The summed E-state index contributed by atoms with van der Waals surface area (Å²) in [4.78, 5) is 10.5. The fraction of sp³-hybridized carbons (Fsp3) is 0.222. The summed E-state index contributed by atoms with van der Waals surface area (Å²) in [6.07, 6.45) is 0. The van der Waals surface area contributed by atoms with E-state index in [1.54, 1.807) is 0 Å². The number of carbonyl (C=O) groups excluding carboxylic acids is 1. The van der Waals surface area contributed by atoms with Crippen molar-refractivity contribution in [1.82, 2.24) is 5.32 Å². The first-order chi connectivity index (χ1) is 6.09. The normalized spacial score (nSPS) is 9.77. The van der Waals surface area contributed by atoms with Gasteiger partial charge < -0.3 is 5.32 Å². The molecule has 0 radical (unpaired) electrons. The predicted octanol–water partition coefficient (Wildman–Crippen LogP) is 1.60. The van der Waals surface area contributed by atoms with Crippen LogP contribution >= 0.6 is 0 Å². The molecule has 13 heavy (non-hydrogen) atoms. The number of hydrogen-bond donors (Lipinski definition) is 1. The number of hydrogen-bond acceptors (Lipinski definition) is 1. The van der Waals surface area contributed by atoms with E-state index in [9.17, 15) is 13.6 Å². The fourth-order valence-electron chi connectivity index (χ4n) is 0.898. The van der Waals surface area contributed by atoms with E-state index >= 15 is 0 Å². The molecule has 0 aliphatic heterocycles. The summed E-state index contributed by atoms with van der Waals surface area (Å²) in [5.74, 6) is -1.31. The van der Waals surface area contributed by atoms with Crippen molar-refractivity contribution in [2.75, 3.05) is 0 Å². The topological polar surface area (TPSA) is 29.1 Å². The van der Waals surface area contributed by atoms with Crippen molar-refractivity contribution in [3.05, 3.63) is 35.4 Å². The zero-order valence-electron chi connectivity index (χ0n) is 7.10. The SMILES string of the molecule is CC(=O)NCc1cc(F)ccc1F. The molecule has 0 aliphatic rings. The third kappa shape index (κ3) is 2.82. The van der Waals surface area contributed by atoms with E-state index in [0.717, 1.165) is 18.2 Å². The van der Waals surface area contributed by atoms with Crippen molar-refractivity contribution in [3.8, 4) is 0 Å². The van der Waals surface area contributed by atoms with Crippen molar-refractivity contribution in [2.24, 2.45) is 0 Å². The molecule has 1 amide bonds. The summed E-state index contributed by atoms with van der Waals surface area (Å²) in [7, 11) is 0. The molecule has 1 aromatic rings. The fourth-order valence-corrected chi connectivity index (χ4v) is 0.898. The van der Waals surface area contributed by atoms with Gasteiger partial charge in [-0.2, -0.15) is 0 Å². The van der Waals surface area contributed by atoms with Crippen LogP contribution in [0.25, 0.3) is 0 Å². The van der Waals surface area contributed by atoms with E-state index in [1.165, 1.54) is 6.92 Å². The van der Waals surface area contributed by atoms with Gasteiger partial charge in [-0.1, -0.05) is 0 Å². The van der Waals surface area contributed by atoms with Crippen molar-refractivity contribution >= 4 is 5.91 Å². The van der Waals surface area contributed by atoms with E-state index < -0.39 is 11.6 Å². The Morgan fingerprint density at radius 1 is 1.46 bits per heavy atom. The maximum atomic E-state index is 12.9. The average molecular weight is 185 g/mol. The number of benzene rings is 1. The first-order valence-electron chi connectivity index (χ1n) is 3.78. The lowest BCUT2D eigenvalue weighted by Gasteiger charge is -2.03. The van der Waals surface area contributed by atoms with Crippen LogP contribution in [0, 0.1) is 11.6 Å². The summed E-state index contributed by atoms with van der Waals surface area (Å²) in [6.45, 7) is 1.33. The van der Waals surface area contributed by atoms with Crippen LogP contribution in [0.2, 0.25) is 0 Å². The van der Waals surface area contributed by atoms with Crippen LogP contribution in [0.3, 0.4) is 0 Å². The molecule has 0 saturated carbocycles. The molecule has 0 heterocycles. The Labute approximate surface area is 74.6 Å². The first kappa shape index (κ1) is 9.64. The molecule has 2 nitrogen and oxygen atoms in total. The molecular weight excluding hydrogens is 176 g/mol. The van der Waals surface area contributed by atoms with E-state index in [1.807, 2.05) is 0 Å². The standard InChI is InChI=1S/C9H9F2NO/c1-6(13)12-5-7-4-8(10)2-3-9(7)11/h2-4H,5H2,1H3,(H,12,13). The molecule has 0 saturated heterocycles. The molecule has 0 spiro atoms. The minimum atomic E-state index is -0.518. The van der Waals surface area contributed by atoms with E-state index in [0.29, 0.717) is 0 Å². The monoisotopic (exact) mass is 185 g/mol. The van der Waals surface area contributed by atoms with Gasteiger partial charge in [0.15, 0.2) is 0 Å². The van der Waals surface area contributed by atoms with Crippen LogP contribution < -0.4 is 5.32 Å². The molecule has 0 fully saturated rings. The summed E-state index contributed by atoms with van der Waals surface area (Å²) in [6, 6.07) is 3.13. The van der Waals surface area contributed by atoms with E-state index in [2.05, 4.69) is 5.32 Å². The average Bonchev–Trinajstić information content (AvgIpc) is 2.06. The van der Waals surface area contributed by atoms with E-state index in [-0.39, 0.29) is 18.0 Å². The second-order valence-electron chi connectivity index (χ2n) is 2.65. The Bertz CT molecular complexity index is 325. The van der Waals surface area contributed by atoms with Crippen molar-refractivity contribution in [3.63, 3.8) is 0 Å². The molecule has 0 aromatic heterocycles. The van der Waals surface area contributed by atoms with Gasteiger partial charge in [-0.15, -0.1) is 0 Å². The molecule has 70 valence electrons. The Balaban J connectivity index is 2.75. The van der Waals surface area contributed by atoms with Gasteiger partial charge in [0.05, 0.1) is 0 Å². The van der Waals surface area contributed by atoms with Gasteiger partial charge in [0, 0.05) is 19.0 Å². The second kappa shape index (κ2) is 3.98. The van der Waals surface area contributed by atoms with Crippen molar-refractivity contribution in [1.29, 1.82) is 0 Å². The molecular formula is C9H9F2NO. The quantitative estimate of drug-likeness (QED) is 0.745. The summed E-state index contributed by atoms with van der Waals surface area (Å²) in [5.41, 5.74) is 0.148. The molecule has 1 rings (SSSR count). The summed E-state index contributed by atoms with van der Waals surface area (Å²) >= 11 is 0. The Hall–Kier alpha value is -1.45. The van der Waals surface area contributed by atoms with Gasteiger partial charge in [0.2, 0.25) is 5.91 Å². The van der Waals surface area contributed by atoms with Crippen LogP contribution in [-0.2, 0) is 11.3 Å². The Kier molecular flexibility index (Phi) is 2.95. The molecule has 1 aromatic carbocycles. The number of carbonyl (C=O) groups is 1. The highest BCUT2D eigenvalue weighted by molar-refractivity contribution is 5.72. The van der Waals surface area contributed by atoms with E-state index in [4.69, 9.17) is 0 Å². The zero-order chi connectivity index (χ0) is 9.84. The van der Waals surface area contributed by atoms with Crippen molar-refractivity contribution < 1.29 is 13.6 Å². The molecule has 0 bridgehead atoms. The predicted molar refractivity (Wildman–Crippen MR) is 43.9 cm³/mol. The highest BCUT2D eigenvalue weighted by atomic mass is 19.1. The third-order valence-electron chi connectivity index (χ3n) is 1.54. The van der Waals surface area contributed by atoms with Crippen molar-refractivity contribution in [2.45, 2.75) is 13.5 Å². The number of nitrogens with one attached hydrogen (secondary N) is 1. The minimum absolute atomic E-state index is 0.0128. The van der Waals surface area contributed by atoms with Gasteiger partial charge in [-0.3, -0.25) is 4.79 Å². The zero-order valence-corrected chi connectivity index (χ0v) is 7.10. The second-order valence-corrected chi connectivity index (χ2v) is 2.65.